The Morgan fingerprint density at radius 2 is 1.82 bits per heavy atom. The summed E-state index contributed by atoms with van der Waals surface area (Å²) in [4.78, 5) is 25.1. The highest BCUT2D eigenvalue weighted by atomic mass is 32.2. The summed E-state index contributed by atoms with van der Waals surface area (Å²) < 4.78 is 39.3. The number of hydrogen-bond donors (Lipinski definition) is 1. The van der Waals surface area contributed by atoms with Crippen molar-refractivity contribution in [3.05, 3.63) is 53.6 Å². The molecule has 0 aromatic heterocycles. The zero-order chi connectivity index (χ0) is 24.3. The van der Waals surface area contributed by atoms with Gasteiger partial charge in [0.25, 0.3) is 15.9 Å². The lowest BCUT2D eigenvalue weighted by Gasteiger charge is -2.31. The summed E-state index contributed by atoms with van der Waals surface area (Å²) in [5.41, 5.74) is 1.61. The lowest BCUT2D eigenvalue weighted by molar-refractivity contribution is -0.129. The van der Waals surface area contributed by atoms with Crippen molar-refractivity contribution in [3.8, 4) is 5.75 Å². The second kappa shape index (κ2) is 10.0. The van der Waals surface area contributed by atoms with Crippen LogP contribution in [0.15, 0.2) is 47.4 Å². The number of ether oxygens (including phenoxy) is 2. The second-order valence-corrected chi connectivity index (χ2v) is 10.5. The van der Waals surface area contributed by atoms with Gasteiger partial charge in [0.05, 0.1) is 18.4 Å². The average molecular weight is 487 g/mol. The van der Waals surface area contributed by atoms with Gasteiger partial charge in [-0.05, 0) is 62.4 Å². The molecule has 9 heteroatoms. The molecule has 1 amide bonds. The van der Waals surface area contributed by atoms with Gasteiger partial charge in [-0.15, -0.1) is 0 Å². The first-order chi connectivity index (χ1) is 16.3. The summed E-state index contributed by atoms with van der Waals surface area (Å²) in [7, 11) is -2.63. The van der Waals surface area contributed by atoms with E-state index in [1.165, 1.54) is 36.5 Å². The molecule has 2 aromatic rings. The number of aryl methyl sites for hydroxylation is 1. The van der Waals surface area contributed by atoms with E-state index < -0.39 is 22.1 Å². The number of carbonyl (C=O) groups is 2. The molecule has 1 saturated carbocycles. The SMILES string of the molecule is COc1ccc(C(=O)OC(C)C(=O)NC2CCCC2)cc1S(=O)(=O)N1CCCc2ccccc21. The van der Waals surface area contributed by atoms with E-state index in [2.05, 4.69) is 5.32 Å². The summed E-state index contributed by atoms with van der Waals surface area (Å²) in [5, 5.41) is 2.90. The summed E-state index contributed by atoms with van der Waals surface area (Å²) in [6.07, 6.45) is 4.48. The van der Waals surface area contributed by atoms with Crippen molar-refractivity contribution >= 4 is 27.6 Å². The third kappa shape index (κ3) is 4.89. The lowest BCUT2D eigenvalue weighted by Crippen LogP contribution is -2.40. The van der Waals surface area contributed by atoms with Crippen LogP contribution >= 0.6 is 0 Å². The molecule has 182 valence electrons. The number of benzene rings is 2. The second-order valence-electron chi connectivity index (χ2n) is 8.71. The molecule has 34 heavy (non-hydrogen) atoms. The molecule has 1 N–H and O–H groups in total. The molecular formula is C25H30N2O6S. The molecule has 0 radical (unpaired) electrons. The van der Waals surface area contributed by atoms with Crippen LogP contribution in [0.3, 0.4) is 0 Å². The van der Waals surface area contributed by atoms with E-state index in [-0.39, 0.29) is 28.2 Å². The van der Waals surface area contributed by atoms with Gasteiger partial charge in [-0.3, -0.25) is 9.10 Å². The predicted octanol–water partition coefficient (Wildman–Crippen LogP) is 3.44. The Morgan fingerprint density at radius 3 is 2.56 bits per heavy atom. The molecule has 0 spiro atoms. The van der Waals surface area contributed by atoms with Crippen molar-refractivity contribution in [2.45, 2.75) is 62.5 Å². The Labute approximate surface area is 200 Å². The number of nitrogens with one attached hydrogen (secondary N) is 1. The summed E-state index contributed by atoms with van der Waals surface area (Å²) in [6.45, 7) is 1.84. The zero-order valence-electron chi connectivity index (χ0n) is 19.5. The van der Waals surface area contributed by atoms with Gasteiger partial charge < -0.3 is 14.8 Å². The lowest BCUT2D eigenvalue weighted by atomic mass is 10.0. The van der Waals surface area contributed by atoms with Crippen LogP contribution in [0.2, 0.25) is 0 Å². The molecule has 2 aliphatic rings. The first-order valence-electron chi connectivity index (χ1n) is 11.6. The maximum Gasteiger partial charge on any atom is 0.338 e. The summed E-state index contributed by atoms with van der Waals surface area (Å²) in [6, 6.07) is 11.6. The van der Waals surface area contributed by atoms with E-state index >= 15 is 0 Å². The van der Waals surface area contributed by atoms with Gasteiger partial charge in [0, 0.05) is 12.6 Å². The van der Waals surface area contributed by atoms with E-state index in [0.717, 1.165) is 37.7 Å². The third-order valence-electron chi connectivity index (χ3n) is 6.39. The predicted molar refractivity (Wildman–Crippen MR) is 128 cm³/mol. The Hall–Kier alpha value is -3.07. The van der Waals surface area contributed by atoms with E-state index in [4.69, 9.17) is 9.47 Å². The minimum absolute atomic E-state index is 0.0326. The van der Waals surface area contributed by atoms with Crippen LogP contribution in [0.1, 0.15) is 54.9 Å². The average Bonchev–Trinajstić information content (AvgIpc) is 3.36. The van der Waals surface area contributed by atoms with Crippen LogP contribution in [0, 0.1) is 0 Å². The summed E-state index contributed by atoms with van der Waals surface area (Å²) in [5.74, 6) is -0.995. The molecule has 2 aromatic carbocycles. The Kier molecular flexibility index (Phi) is 7.11. The number of hydrogen-bond acceptors (Lipinski definition) is 6. The molecule has 0 saturated heterocycles. The van der Waals surface area contributed by atoms with Gasteiger partial charge in [0.15, 0.2) is 6.10 Å². The number of nitrogens with zero attached hydrogens (tertiary/aromatic N) is 1. The Balaban J connectivity index is 1.57. The Morgan fingerprint density at radius 1 is 1.09 bits per heavy atom. The smallest absolute Gasteiger partial charge is 0.338 e. The van der Waals surface area contributed by atoms with Crippen LogP contribution in [-0.2, 0) is 26.0 Å². The third-order valence-corrected chi connectivity index (χ3v) is 8.22. The van der Waals surface area contributed by atoms with Crippen molar-refractivity contribution in [3.63, 3.8) is 0 Å². The first kappa shape index (κ1) is 24.1. The van der Waals surface area contributed by atoms with Crippen molar-refractivity contribution < 1.29 is 27.5 Å². The van der Waals surface area contributed by atoms with Crippen molar-refractivity contribution in [1.82, 2.24) is 5.32 Å². The highest BCUT2D eigenvalue weighted by Crippen LogP contribution is 2.35. The number of methoxy groups -OCH3 is 1. The minimum atomic E-state index is -4.01. The molecule has 1 unspecified atom stereocenters. The van der Waals surface area contributed by atoms with Crippen molar-refractivity contribution in [1.29, 1.82) is 0 Å². The number of carbonyl (C=O) groups excluding carboxylic acids is 2. The van der Waals surface area contributed by atoms with Gasteiger partial charge in [-0.1, -0.05) is 31.0 Å². The van der Waals surface area contributed by atoms with Gasteiger partial charge in [-0.25, -0.2) is 13.2 Å². The normalized spacial score (nSPS) is 17.1. The molecule has 1 heterocycles. The Bertz CT molecular complexity index is 1170. The molecule has 0 bridgehead atoms. The van der Waals surface area contributed by atoms with E-state index in [9.17, 15) is 18.0 Å². The van der Waals surface area contributed by atoms with Crippen LogP contribution in [0.5, 0.6) is 5.75 Å². The monoisotopic (exact) mass is 486 g/mol. The first-order valence-corrected chi connectivity index (χ1v) is 13.1. The molecular weight excluding hydrogens is 456 g/mol. The molecule has 1 atom stereocenters. The number of anilines is 1. The topological polar surface area (TPSA) is 102 Å². The van der Waals surface area contributed by atoms with Crippen LogP contribution in [-0.4, -0.2) is 46.1 Å². The maximum atomic E-state index is 13.7. The van der Waals surface area contributed by atoms with Gasteiger partial charge >= 0.3 is 5.97 Å². The van der Waals surface area contributed by atoms with Crippen LogP contribution in [0.4, 0.5) is 5.69 Å². The highest BCUT2D eigenvalue weighted by molar-refractivity contribution is 7.93. The van der Waals surface area contributed by atoms with E-state index in [0.29, 0.717) is 18.7 Å². The van der Waals surface area contributed by atoms with Gasteiger partial charge in [0.1, 0.15) is 10.6 Å². The van der Waals surface area contributed by atoms with E-state index in [1.54, 1.807) is 12.1 Å². The standard InChI is InChI=1S/C25H30N2O6S/c1-17(24(28)26-20-10-4-5-11-20)33-25(29)19-13-14-22(32-2)23(16-19)34(30,31)27-15-7-9-18-8-3-6-12-21(18)27/h3,6,8,12-14,16-17,20H,4-5,7,9-11,15H2,1-2H3,(H,26,28). The molecule has 1 aliphatic heterocycles. The van der Waals surface area contributed by atoms with Crippen molar-refractivity contribution in [2.24, 2.45) is 0 Å². The number of sulfonamides is 1. The number of esters is 1. The zero-order valence-corrected chi connectivity index (χ0v) is 20.3. The highest BCUT2D eigenvalue weighted by Gasteiger charge is 2.32. The summed E-state index contributed by atoms with van der Waals surface area (Å²) >= 11 is 0. The van der Waals surface area contributed by atoms with E-state index in [1.807, 2.05) is 12.1 Å². The molecule has 1 aliphatic carbocycles. The van der Waals surface area contributed by atoms with Gasteiger partial charge in [-0.2, -0.15) is 0 Å². The molecule has 4 rings (SSSR count). The van der Waals surface area contributed by atoms with Crippen molar-refractivity contribution in [2.75, 3.05) is 18.0 Å². The fourth-order valence-electron chi connectivity index (χ4n) is 4.54. The fourth-order valence-corrected chi connectivity index (χ4v) is 6.27. The maximum absolute atomic E-state index is 13.7. The number of amides is 1. The van der Waals surface area contributed by atoms with Gasteiger partial charge in [0.2, 0.25) is 0 Å². The largest absolute Gasteiger partial charge is 0.495 e. The fraction of sp³-hybridized carbons (Fsp3) is 0.440. The van der Waals surface area contributed by atoms with Crippen LogP contribution < -0.4 is 14.4 Å². The number of rotatable bonds is 7. The van der Waals surface area contributed by atoms with Crippen LogP contribution in [0.25, 0.3) is 0 Å². The molecule has 8 nitrogen and oxygen atoms in total. The minimum Gasteiger partial charge on any atom is -0.495 e. The quantitative estimate of drug-likeness (QED) is 0.602. The number of fused-ring (bicyclic) bond motifs is 1. The number of para-hydroxylation sites is 1. The molecule has 1 fully saturated rings.